The van der Waals surface area contributed by atoms with Gasteiger partial charge >= 0.3 is 5.97 Å². The highest BCUT2D eigenvalue weighted by Crippen LogP contribution is 2.25. The van der Waals surface area contributed by atoms with Crippen molar-refractivity contribution in [3.8, 4) is 0 Å². The molecule has 4 rings (SSSR count). The molecule has 2 heterocycles. The van der Waals surface area contributed by atoms with Crippen molar-refractivity contribution in [2.45, 2.75) is 36.9 Å². The molecule has 0 bridgehead atoms. The van der Waals surface area contributed by atoms with Gasteiger partial charge in [-0.25, -0.2) is 18.4 Å². The van der Waals surface area contributed by atoms with Crippen LogP contribution in [0.15, 0.2) is 78.0 Å². The smallest absolute Gasteiger partial charge is 0.323 e. The first-order valence-corrected chi connectivity index (χ1v) is 13.6. The van der Waals surface area contributed by atoms with E-state index in [1.54, 1.807) is 36.7 Å². The fourth-order valence-corrected chi connectivity index (χ4v) is 5.72. The quantitative estimate of drug-likeness (QED) is 0.371. The molecule has 3 N–H and O–H groups in total. The van der Waals surface area contributed by atoms with Gasteiger partial charge in [-0.3, -0.25) is 9.59 Å². The maximum atomic E-state index is 12.7. The van der Waals surface area contributed by atoms with Gasteiger partial charge in [-0.1, -0.05) is 18.2 Å². The van der Waals surface area contributed by atoms with E-state index in [2.05, 4.69) is 43.7 Å². The average molecular weight is 539 g/mol. The number of sulfonamides is 1. The predicted molar refractivity (Wildman–Crippen MR) is 143 cm³/mol. The largest absolute Gasteiger partial charge is 0.480 e. The van der Waals surface area contributed by atoms with Gasteiger partial charge in [0.1, 0.15) is 6.04 Å². The molecule has 3 aromatic rings. The van der Waals surface area contributed by atoms with E-state index in [-0.39, 0.29) is 17.0 Å². The lowest BCUT2D eigenvalue weighted by Crippen LogP contribution is -2.57. The van der Waals surface area contributed by atoms with Gasteiger partial charge in [0.25, 0.3) is 5.91 Å². The number of anilines is 2. The predicted octanol–water partition coefficient (Wildman–Crippen LogP) is 1.74. The molecule has 12 heteroatoms. The molecule has 200 valence electrons. The molecule has 1 amide bonds. The van der Waals surface area contributed by atoms with Crippen molar-refractivity contribution < 1.29 is 23.1 Å². The summed E-state index contributed by atoms with van der Waals surface area (Å²) in [6.07, 6.45) is 3.46. The van der Waals surface area contributed by atoms with Crippen LogP contribution in [0.4, 0.5) is 11.6 Å². The Bertz CT molecular complexity index is 1340. The molecule has 3 atom stereocenters. The molecule has 2 unspecified atom stereocenters. The first kappa shape index (κ1) is 27.0. The van der Waals surface area contributed by atoms with Crippen molar-refractivity contribution in [2.75, 3.05) is 29.4 Å². The number of amides is 1. The Kier molecular flexibility index (Phi) is 8.23. The Morgan fingerprint density at radius 1 is 0.974 bits per heavy atom. The lowest BCUT2D eigenvalue weighted by molar-refractivity contribution is -0.138. The molecule has 0 radical (unpaired) electrons. The molecule has 1 aliphatic rings. The molecule has 1 aromatic heterocycles. The number of benzene rings is 2. The van der Waals surface area contributed by atoms with Gasteiger partial charge in [-0.15, -0.1) is 0 Å². The number of carboxylic acids is 1. The molecule has 0 saturated carbocycles. The van der Waals surface area contributed by atoms with E-state index in [1.165, 1.54) is 24.3 Å². The minimum atomic E-state index is -4.06. The first-order valence-electron chi connectivity index (χ1n) is 12.1. The number of aliphatic carboxylic acids is 1. The highest BCUT2D eigenvalue weighted by molar-refractivity contribution is 7.89. The number of hydrogen-bond donors (Lipinski definition) is 3. The Morgan fingerprint density at radius 2 is 1.58 bits per heavy atom. The van der Waals surface area contributed by atoms with Crippen molar-refractivity contribution >= 4 is 33.5 Å². The van der Waals surface area contributed by atoms with Gasteiger partial charge in [0.2, 0.25) is 16.0 Å². The van der Waals surface area contributed by atoms with Crippen LogP contribution in [-0.4, -0.2) is 73.1 Å². The summed E-state index contributed by atoms with van der Waals surface area (Å²) in [4.78, 5) is 37.5. The zero-order chi connectivity index (χ0) is 27.3. The third-order valence-corrected chi connectivity index (χ3v) is 7.80. The van der Waals surface area contributed by atoms with Crippen LogP contribution in [0.3, 0.4) is 0 Å². The number of carbonyl (C=O) groups excluding carboxylic acids is 1. The molecule has 0 spiro atoms. The molecular weight excluding hydrogens is 508 g/mol. The second-order valence-electron chi connectivity index (χ2n) is 9.14. The monoisotopic (exact) mass is 538 g/mol. The van der Waals surface area contributed by atoms with Gasteiger partial charge < -0.3 is 20.2 Å². The van der Waals surface area contributed by atoms with E-state index in [9.17, 15) is 23.1 Å². The standard InChI is InChI=1S/C26H30N6O5S/c1-18-16-31(17-19(2)32(18)26-27-13-6-14-28-26)21-11-9-20(10-12-21)24(33)29-15-23(25(34)35)30-38(36,37)22-7-4-3-5-8-22/h3-14,18-19,23,30H,15-17H2,1-2H3,(H,29,33)(H,34,35)/t18?,19?,23-/m0/s1. The van der Waals surface area contributed by atoms with Crippen LogP contribution in [0.2, 0.25) is 0 Å². The summed E-state index contributed by atoms with van der Waals surface area (Å²) in [5.41, 5.74) is 1.29. The third-order valence-electron chi connectivity index (χ3n) is 6.31. The molecule has 1 aliphatic heterocycles. The maximum absolute atomic E-state index is 12.7. The Morgan fingerprint density at radius 3 is 2.16 bits per heavy atom. The number of rotatable bonds is 9. The lowest BCUT2D eigenvalue weighted by Gasteiger charge is -2.45. The van der Waals surface area contributed by atoms with Gasteiger partial charge in [0.05, 0.1) is 4.90 Å². The fourth-order valence-electron chi connectivity index (χ4n) is 4.51. The van der Waals surface area contributed by atoms with E-state index >= 15 is 0 Å². The van der Waals surface area contributed by atoms with Gasteiger partial charge in [0.15, 0.2) is 0 Å². The molecule has 0 aliphatic carbocycles. The summed E-state index contributed by atoms with van der Waals surface area (Å²) in [6.45, 7) is 5.31. The van der Waals surface area contributed by atoms with Crippen LogP contribution in [0, 0.1) is 0 Å². The van der Waals surface area contributed by atoms with E-state index < -0.39 is 34.5 Å². The van der Waals surface area contributed by atoms with Crippen molar-refractivity contribution in [2.24, 2.45) is 0 Å². The van der Waals surface area contributed by atoms with E-state index in [1.807, 2.05) is 12.1 Å². The summed E-state index contributed by atoms with van der Waals surface area (Å²) in [5, 5.41) is 12.0. The molecule has 1 saturated heterocycles. The third kappa shape index (κ3) is 6.26. The topological polar surface area (TPSA) is 145 Å². The van der Waals surface area contributed by atoms with Crippen LogP contribution in [0.5, 0.6) is 0 Å². The lowest BCUT2D eigenvalue weighted by atomic mass is 10.1. The second kappa shape index (κ2) is 11.6. The Hall–Kier alpha value is -4.03. The van der Waals surface area contributed by atoms with Gasteiger partial charge in [-0.2, -0.15) is 4.72 Å². The normalized spacial score (nSPS) is 18.6. The minimum absolute atomic E-state index is 0.0612. The number of nitrogens with zero attached hydrogens (tertiary/aromatic N) is 4. The van der Waals surface area contributed by atoms with E-state index in [4.69, 9.17) is 0 Å². The molecule has 38 heavy (non-hydrogen) atoms. The molecular formula is C26H30N6O5S. The number of carbonyl (C=O) groups is 2. The second-order valence-corrected chi connectivity index (χ2v) is 10.9. The van der Waals surface area contributed by atoms with Crippen LogP contribution < -0.4 is 19.8 Å². The number of hydrogen-bond acceptors (Lipinski definition) is 8. The van der Waals surface area contributed by atoms with Crippen molar-refractivity contribution in [3.05, 3.63) is 78.6 Å². The number of carboxylic acid groups (broad SMARTS) is 1. The van der Waals surface area contributed by atoms with E-state index in [0.29, 0.717) is 11.5 Å². The summed E-state index contributed by atoms with van der Waals surface area (Å²) >= 11 is 0. The van der Waals surface area contributed by atoms with Crippen LogP contribution >= 0.6 is 0 Å². The maximum Gasteiger partial charge on any atom is 0.323 e. The van der Waals surface area contributed by atoms with Gasteiger partial charge in [-0.05, 0) is 56.3 Å². The van der Waals surface area contributed by atoms with Crippen LogP contribution in [0.1, 0.15) is 24.2 Å². The summed E-state index contributed by atoms with van der Waals surface area (Å²) in [6, 6.07) is 15.0. The van der Waals surface area contributed by atoms with Crippen LogP contribution in [-0.2, 0) is 14.8 Å². The Labute approximate surface area is 221 Å². The Balaban J connectivity index is 1.36. The number of nitrogens with one attached hydrogen (secondary N) is 2. The number of aromatic nitrogens is 2. The van der Waals surface area contributed by atoms with Crippen molar-refractivity contribution in [3.63, 3.8) is 0 Å². The molecule has 11 nitrogen and oxygen atoms in total. The molecule has 1 fully saturated rings. The fraction of sp³-hybridized carbons (Fsp3) is 0.308. The van der Waals surface area contributed by atoms with Gasteiger partial charge in [0, 0.05) is 55.4 Å². The van der Waals surface area contributed by atoms with Crippen LogP contribution in [0.25, 0.3) is 0 Å². The van der Waals surface area contributed by atoms with E-state index in [0.717, 1.165) is 18.8 Å². The highest BCUT2D eigenvalue weighted by Gasteiger charge is 2.31. The van der Waals surface area contributed by atoms with Crippen molar-refractivity contribution in [1.29, 1.82) is 0 Å². The minimum Gasteiger partial charge on any atom is -0.480 e. The highest BCUT2D eigenvalue weighted by atomic mass is 32.2. The zero-order valence-corrected chi connectivity index (χ0v) is 21.9. The van der Waals surface area contributed by atoms with Crippen molar-refractivity contribution in [1.82, 2.24) is 20.0 Å². The first-order chi connectivity index (χ1) is 18.2. The zero-order valence-electron chi connectivity index (χ0n) is 21.1. The SMILES string of the molecule is CC1CN(c2ccc(C(=O)NC[C@H](NS(=O)(=O)c3ccccc3)C(=O)O)cc2)CC(C)N1c1ncccn1. The summed E-state index contributed by atoms with van der Waals surface area (Å²) in [5.74, 6) is -1.21. The average Bonchev–Trinajstić information content (AvgIpc) is 2.91. The summed E-state index contributed by atoms with van der Waals surface area (Å²) < 4.78 is 27.1. The number of piperazine rings is 1. The summed E-state index contributed by atoms with van der Waals surface area (Å²) in [7, 11) is -4.06. The molecule has 2 aromatic carbocycles.